The lowest BCUT2D eigenvalue weighted by Gasteiger charge is -2.06. The summed E-state index contributed by atoms with van der Waals surface area (Å²) in [4.78, 5) is 23.2. The quantitative estimate of drug-likeness (QED) is 0.617. The lowest BCUT2D eigenvalue weighted by atomic mass is 10.2. The number of rotatable bonds is 5. The van der Waals surface area contributed by atoms with Crippen molar-refractivity contribution in [2.45, 2.75) is 0 Å². The topological polar surface area (TPSA) is 86.5 Å². The molecule has 124 valence electrons. The molecular weight excluding hydrogens is 312 g/mol. The number of nitrogens with zero attached hydrogens (tertiary/aromatic N) is 2. The standard InChI is InChI=1S/C17H16N2O5/c1-22-15-8-7-13(10-14(15)17(21)24-3)19-18-12-6-4-5-11(9-12)16(20)23-2/h4-10H,1-3H3. The van der Waals surface area contributed by atoms with E-state index in [0.29, 0.717) is 22.7 Å². The van der Waals surface area contributed by atoms with E-state index in [4.69, 9.17) is 9.47 Å². The summed E-state index contributed by atoms with van der Waals surface area (Å²) in [7, 11) is 4.05. The van der Waals surface area contributed by atoms with E-state index < -0.39 is 11.9 Å². The van der Waals surface area contributed by atoms with E-state index >= 15 is 0 Å². The second-order valence-corrected chi connectivity index (χ2v) is 4.62. The van der Waals surface area contributed by atoms with Crippen LogP contribution in [-0.4, -0.2) is 33.3 Å². The molecule has 0 atom stereocenters. The maximum absolute atomic E-state index is 11.7. The Bertz CT molecular complexity index is 786. The smallest absolute Gasteiger partial charge is 0.341 e. The zero-order valence-electron chi connectivity index (χ0n) is 13.5. The van der Waals surface area contributed by atoms with Crippen LogP contribution in [0.15, 0.2) is 52.7 Å². The fraction of sp³-hybridized carbons (Fsp3) is 0.176. The molecule has 0 aliphatic carbocycles. The molecule has 0 N–H and O–H groups in total. The molecule has 2 aromatic rings. The van der Waals surface area contributed by atoms with Crippen molar-refractivity contribution in [1.82, 2.24) is 0 Å². The molecule has 0 saturated carbocycles. The number of ether oxygens (including phenoxy) is 3. The summed E-state index contributed by atoms with van der Waals surface area (Å²) in [6, 6.07) is 11.3. The van der Waals surface area contributed by atoms with Crippen LogP contribution in [0.2, 0.25) is 0 Å². The molecule has 0 spiro atoms. The molecule has 7 heteroatoms. The Kier molecular flexibility index (Phi) is 5.62. The van der Waals surface area contributed by atoms with Gasteiger partial charge in [0.15, 0.2) is 0 Å². The summed E-state index contributed by atoms with van der Waals surface area (Å²) < 4.78 is 14.5. The van der Waals surface area contributed by atoms with Crippen molar-refractivity contribution in [3.05, 3.63) is 53.6 Å². The van der Waals surface area contributed by atoms with Crippen molar-refractivity contribution < 1.29 is 23.8 Å². The number of methoxy groups -OCH3 is 3. The van der Waals surface area contributed by atoms with Crippen molar-refractivity contribution in [3.8, 4) is 5.75 Å². The van der Waals surface area contributed by atoms with Gasteiger partial charge in [-0.25, -0.2) is 9.59 Å². The van der Waals surface area contributed by atoms with Crippen molar-refractivity contribution >= 4 is 23.3 Å². The number of azo groups is 1. The summed E-state index contributed by atoms with van der Waals surface area (Å²) in [5.74, 6) is -0.602. The van der Waals surface area contributed by atoms with E-state index in [1.807, 2.05) is 0 Å². The Balaban J connectivity index is 2.29. The van der Waals surface area contributed by atoms with Gasteiger partial charge in [0.05, 0.1) is 38.3 Å². The molecule has 0 amide bonds. The maximum Gasteiger partial charge on any atom is 0.341 e. The van der Waals surface area contributed by atoms with Crippen LogP contribution in [-0.2, 0) is 9.47 Å². The summed E-state index contributed by atoms with van der Waals surface area (Å²) in [5.41, 5.74) is 1.55. The first-order chi connectivity index (χ1) is 11.6. The van der Waals surface area contributed by atoms with Crippen molar-refractivity contribution in [2.24, 2.45) is 10.2 Å². The van der Waals surface area contributed by atoms with Gasteiger partial charge in [-0.05, 0) is 36.4 Å². The molecule has 0 fully saturated rings. The van der Waals surface area contributed by atoms with Gasteiger partial charge < -0.3 is 14.2 Å². The highest BCUT2D eigenvalue weighted by Gasteiger charge is 2.13. The van der Waals surface area contributed by atoms with E-state index in [1.165, 1.54) is 27.4 Å². The van der Waals surface area contributed by atoms with Crippen LogP contribution in [0.1, 0.15) is 20.7 Å². The second-order valence-electron chi connectivity index (χ2n) is 4.62. The molecule has 2 aromatic carbocycles. The average Bonchev–Trinajstić information content (AvgIpc) is 2.65. The monoisotopic (exact) mass is 328 g/mol. The third-order valence-electron chi connectivity index (χ3n) is 3.14. The first kappa shape index (κ1) is 17.1. The molecule has 0 radical (unpaired) electrons. The van der Waals surface area contributed by atoms with Gasteiger partial charge in [0.2, 0.25) is 0 Å². The van der Waals surface area contributed by atoms with Crippen LogP contribution >= 0.6 is 0 Å². The van der Waals surface area contributed by atoms with Gasteiger partial charge >= 0.3 is 11.9 Å². The molecule has 0 aliphatic heterocycles. The number of carbonyl (C=O) groups is 2. The Morgan fingerprint density at radius 2 is 1.50 bits per heavy atom. The van der Waals surface area contributed by atoms with E-state index in [-0.39, 0.29) is 5.56 Å². The van der Waals surface area contributed by atoms with E-state index in [9.17, 15) is 9.59 Å². The molecule has 0 bridgehead atoms. The number of carbonyl (C=O) groups excluding carboxylic acids is 2. The predicted molar refractivity (Wildman–Crippen MR) is 86.3 cm³/mol. The van der Waals surface area contributed by atoms with Gasteiger partial charge in [0.25, 0.3) is 0 Å². The highest BCUT2D eigenvalue weighted by Crippen LogP contribution is 2.26. The molecule has 2 rings (SSSR count). The third kappa shape index (κ3) is 3.95. The molecule has 0 aromatic heterocycles. The van der Waals surface area contributed by atoms with Gasteiger partial charge in [-0.2, -0.15) is 10.2 Å². The fourth-order valence-electron chi connectivity index (χ4n) is 1.96. The maximum atomic E-state index is 11.7. The normalized spacial score (nSPS) is 10.5. The second kappa shape index (κ2) is 7.87. The highest BCUT2D eigenvalue weighted by atomic mass is 16.5. The number of benzene rings is 2. The van der Waals surface area contributed by atoms with E-state index in [2.05, 4.69) is 15.0 Å². The highest BCUT2D eigenvalue weighted by molar-refractivity contribution is 5.93. The van der Waals surface area contributed by atoms with E-state index in [0.717, 1.165) is 0 Å². The number of hydrogen-bond donors (Lipinski definition) is 0. The Hall–Kier alpha value is -3.22. The minimum Gasteiger partial charge on any atom is -0.496 e. The summed E-state index contributed by atoms with van der Waals surface area (Å²) >= 11 is 0. The predicted octanol–water partition coefficient (Wildman–Crippen LogP) is 3.68. The van der Waals surface area contributed by atoms with Crippen LogP contribution in [0, 0.1) is 0 Å². The summed E-state index contributed by atoms with van der Waals surface area (Å²) in [6.07, 6.45) is 0. The minimum absolute atomic E-state index is 0.250. The lowest BCUT2D eigenvalue weighted by Crippen LogP contribution is -2.03. The van der Waals surface area contributed by atoms with Crippen molar-refractivity contribution in [2.75, 3.05) is 21.3 Å². The molecule has 0 aliphatic rings. The van der Waals surface area contributed by atoms with Gasteiger partial charge in [-0.3, -0.25) is 0 Å². The average molecular weight is 328 g/mol. The molecule has 0 unspecified atom stereocenters. The van der Waals surface area contributed by atoms with Crippen LogP contribution < -0.4 is 4.74 Å². The first-order valence-electron chi connectivity index (χ1n) is 6.95. The number of esters is 2. The largest absolute Gasteiger partial charge is 0.496 e. The van der Waals surface area contributed by atoms with Gasteiger partial charge in [-0.15, -0.1) is 0 Å². The minimum atomic E-state index is -0.531. The molecular formula is C17H16N2O5. The molecule has 0 heterocycles. The van der Waals surface area contributed by atoms with Crippen LogP contribution in [0.25, 0.3) is 0 Å². The zero-order valence-corrected chi connectivity index (χ0v) is 13.5. The van der Waals surface area contributed by atoms with Gasteiger partial charge in [-0.1, -0.05) is 6.07 Å². The van der Waals surface area contributed by atoms with Crippen molar-refractivity contribution in [1.29, 1.82) is 0 Å². The molecule has 7 nitrogen and oxygen atoms in total. The summed E-state index contributed by atoms with van der Waals surface area (Å²) in [5, 5.41) is 8.12. The van der Waals surface area contributed by atoms with Crippen LogP contribution in [0.3, 0.4) is 0 Å². The van der Waals surface area contributed by atoms with Crippen LogP contribution in [0.4, 0.5) is 11.4 Å². The van der Waals surface area contributed by atoms with Crippen LogP contribution in [0.5, 0.6) is 5.75 Å². The molecule has 24 heavy (non-hydrogen) atoms. The van der Waals surface area contributed by atoms with Gasteiger partial charge in [0.1, 0.15) is 11.3 Å². The zero-order chi connectivity index (χ0) is 17.5. The van der Waals surface area contributed by atoms with E-state index in [1.54, 1.807) is 36.4 Å². The van der Waals surface area contributed by atoms with Gasteiger partial charge in [0, 0.05) is 0 Å². The number of hydrogen-bond acceptors (Lipinski definition) is 7. The third-order valence-corrected chi connectivity index (χ3v) is 3.14. The Morgan fingerprint density at radius 3 is 2.12 bits per heavy atom. The lowest BCUT2D eigenvalue weighted by molar-refractivity contribution is 0.0589. The van der Waals surface area contributed by atoms with Crippen molar-refractivity contribution in [3.63, 3.8) is 0 Å². The SMILES string of the molecule is COC(=O)c1cccc(N=Nc2ccc(OC)c(C(=O)OC)c2)c1. The fourth-order valence-corrected chi connectivity index (χ4v) is 1.96. The Morgan fingerprint density at radius 1 is 0.833 bits per heavy atom. The molecule has 0 saturated heterocycles. The Labute approximate surface area is 138 Å². The first-order valence-corrected chi connectivity index (χ1v) is 6.95. The summed E-state index contributed by atoms with van der Waals surface area (Å²) in [6.45, 7) is 0.